The summed E-state index contributed by atoms with van der Waals surface area (Å²) in [6, 6.07) is 5.44. The summed E-state index contributed by atoms with van der Waals surface area (Å²) in [6.07, 6.45) is 4.58. The number of anilines is 2. The molecule has 0 spiro atoms. The van der Waals surface area contributed by atoms with Crippen molar-refractivity contribution in [2.75, 3.05) is 43.4 Å². The fraction of sp³-hybridized carbons (Fsp3) is 0.333. The zero-order valence-corrected chi connectivity index (χ0v) is 12.0. The van der Waals surface area contributed by atoms with Gasteiger partial charge < -0.3 is 19.5 Å². The summed E-state index contributed by atoms with van der Waals surface area (Å²) in [5.74, 6) is 0.752. The maximum atomic E-state index is 11.9. The molecular weight excluding hydrogens is 268 g/mol. The van der Waals surface area contributed by atoms with Gasteiger partial charge in [0.2, 0.25) is 0 Å². The van der Waals surface area contributed by atoms with Gasteiger partial charge >= 0.3 is 0 Å². The van der Waals surface area contributed by atoms with Crippen molar-refractivity contribution in [3.8, 4) is 0 Å². The molecule has 1 aliphatic rings. The molecule has 0 aromatic carbocycles. The average molecular weight is 286 g/mol. The van der Waals surface area contributed by atoms with Crippen molar-refractivity contribution in [1.82, 2.24) is 9.88 Å². The number of carbonyl (C=O) groups excluding carboxylic acids is 1. The van der Waals surface area contributed by atoms with Crippen LogP contribution in [-0.2, 0) is 0 Å². The lowest BCUT2D eigenvalue weighted by atomic mass is 10.3. The van der Waals surface area contributed by atoms with Crippen molar-refractivity contribution in [3.05, 3.63) is 42.5 Å². The number of hydrogen-bond acceptors (Lipinski definition) is 5. The summed E-state index contributed by atoms with van der Waals surface area (Å²) < 4.78 is 4.89. The molecule has 2 aromatic heterocycles. The number of aromatic nitrogens is 1. The molecule has 1 aliphatic heterocycles. The first kappa shape index (κ1) is 13.6. The summed E-state index contributed by atoms with van der Waals surface area (Å²) in [5, 5.41) is 2.79. The van der Waals surface area contributed by atoms with Crippen molar-refractivity contribution in [2.45, 2.75) is 0 Å². The molecular formula is C15H18N4O2. The van der Waals surface area contributed by atoms with Crippen molar-refractivity contribution in [2.24, 2.45) is 0 Å². The van der Waals surface area contributed by atoms with Gasteiger partial charge in [0.25, 0.3) is 5.91 Å². The van der Waals surface area contributed by atoms with E-state index in [2.05, 4.69) is 27.1 Å². The van der Waals surface area contributed by atoms with Gasteiger partial charge in [-0.25, -0.2) is 4.98 Å². The summed E-state index contributed by atoms with van der Waals surface area (Å²) in [4.78, 5) is 20.9. The second-order valence-corrected chi connectivity index (χ2v) is 5.16. The van der Waals surface area contributed by atoms with E-state index in [4.69, 9.17) is 4.42 Å². The number of nitrogens with zero attached hydrogens (tertiary/aromatic N) is 3. The Morgan fingerprint density at radius 3 is 2.67 bits per heavy atom. The fourth-order valence-electron chi connectivity index (χ4n) is 2.28. The monoisotopic (exact) mass is 286 g/mol. The van der Waals surface area contributed by atoms with E-state index in [1.807, 2.05) is 12.1 Å². The Hall–Kier alpha value is -2.34. The normalized spacial score (nSPS) is 16.0. The topological polar surface area (TPSA) is 61.6 Å². The van der Waals surface area contributed by atoms with Gasteiger partial charge in [0.1, 0.15) is 12.1 Å². The van der Waals surface area contributed by atoms with E-state index in [9.17, 15) is 4.79 Å². The number of piperazine rings is 1. The second kappa shape index (κ2) is 5.97. The molecule has 0 saturated carbocycles. The summed E-state index contributed by atoms with van der Waals surface area (Å²) in [5.41, 5.74) is 1.18. The first-order chi connectivity index (χ1) is 10.2. The molecule has 6 heteroatoms. The van der Waals surface area contributed by atoms with Crippen molar-refractivity contribution in [3.63, 3.8) is 0 Å². The number of nitrogens with one attached hydrogen (secondary N) is 1. The lowest BCUT2D eigenvalue weighted by Gasteiger charge is -2.33. The zero-order valence-electron chi connectivity index (χ0n) is 12.0. The van der Waals surface area contributed by atoms with Crippen LogP contribution in [-0.4, -0.2) is 49.0 Å². The number of carbonyl (C=O) groups is 1. The highest BCUT2D eigenvalue weighted by Crippen LogP contribution is 2.16. The van der Waals surface area contributed by atoms with Gasteiger partial charge in [-0.2, -0.15) is 0 Å². The molecule has 0 bridgehead atoms. The second-order valence-electron chi connectivity index (χ2n) is 5.16. The predicted molar refractivity (Wildman–Crippen MR) is 80.6 cm³/mol. The van der Waals surface area contributed by atoms with Crippen LogP contribution in [0.15, 0.2) is 41.3 Å². The standard InChI is InChI=1S/C15H18N4O2/c1-18-5-7-19(8-6-18)14-3-2-13(10-16-14)17-15(20)12-4-9-21-11-12/h2-4,9-11H,5-8H2,1H3,(H,17,20). The molecule has 110 valence electrons. The Bertz CT molecular complexity index is 587. The molecule has 0 atom stereocenters. The third-order valence-corrected chi connectivity index (χ3v) is 3.62. The molecule has 1 N–H and O–H groups in total. The van der Waals surface area contributed by atoms with E-state index in [0.717, 1.165) is 32.0 Å². The minimum atomic E-state index is -0.196. The Morgan fingerprint density at radius 2 is 2.05 bits per heavy atom. The maximum Gasteiger partial charge on any atom is 0.258 e. The minimum Gasteiger partial charge on any atom is -0.472 e. The largest absolute Gasteiger partial charge is 0.472 e. The highest BCUT2D eigenvalue weighted by atomic mass is 16.3. The third-order valence-electron chi connectivity index (χ3n) is 3.62. The number of pyridine rings is 1. The Morgan fingerprint density at radius 1 is 1.24 bits per heavy atom. The predicted octanol–water partition coefficient (Wildman–Crippen LogP) is 1.68. The number of amides is 1. The smallest absolute Gasteiger partial charge is 0.258 e. The van der Waals surface area contributed by atoms with Gasteiger partial charge in [-0.05, 0) is 25.2 Å². The van der Waals surface area contributed by atoms with E-state index in [1.165, 1.54) is 12.5 Å². The molecule has 3 rings (SSSR count). The Balaban J connectivity index is 1.63. The van der Waals surface area contributed by atoms with Crippen molar-refractivity contribution in [1.29, 1.82) is 0 Å². The van der Waals surface area contributed by atoms with Crippen molar-refractivity contribution >= 4 is 17.4 Å². The lowest BCUT2D eigenvalue weighted by molar-refractivity contribution is 0.102. The first-order valence-corrected chi connectivity index (χ1v) is 6.95. The third kappa shape index (κ3) is 3.22. The van der Waals surface area contributed by atoms with E-state index < -0.39 is 0 Å². The molecule has 21 heavy (non-hydrogen) atoms. The van der Waals surface area contributed by atoms with Crippen LogP contribution in [0.1, 0.15) is 10.4 Å². The van der Waals surface area contributed by atoms with Gasteiger partial charge in [0, 0.05) is 26.2 Å². The number of likely N-dealkylation sites (N-methyl/N-ethyl adjacent to an activating group) is 1. The van der Waals surface area contributed by atoms with Crippen LogP contribution >= 0.6 is 0 Å². The Kier molecular flexibility index (Phi) is 3.87. The van der Waals surface area contributed by atoms with E-state index in [-0.39, 0.29) is 5.91 Å². The molecule has 1 fully saturated rings. The van der Waals surface area contributed by atoms with E-state index >= 15 is 0 Å². The van der Waals surface area contributed by atoms with Crippen LogP contribution in [0.2, 0.25) is 0 Å². The molecule has 0 aliphatic carbocycles. The fourth-order valence-corrected chi connectivity index (χ4v) is 2.28. The maximum absolute atomic E-state index is 11.9. The lowest BCUT2D eigenvalue weighted by Crippen LogP contribution is -2.44. The van der Waals surface area contributed by atoms with Crippen LogP contribution in [0, 0.1) is 0 Å². The first-order valence-electron chi connectivity index (χ1n) is 6.95. The minimum absolute atomic E-state index is 0.196. The summed E-state index contributed by atoms with van der Waals surface area (Å²) in [6.45, 7) is 4.04. The van der Waals surface area contributed by atoms with Gasteiger partial charge in [-0.3, -0.25) is 4.79 Å². The van der Waals surface area contributed by atoms with Crippen LogP contribution in [0.25, 0.3) is 0 Å². The molecule has 6 nitrogen and oxygen atoms in total. The molecule has 0 unspecified atom stereocenters. The molecule has 1 saturated heterocycles. The van der Waals surface area contributed by atoms with Crippen LogP contribution < -0.4 is 10.2 Å². The SMILES string of the molecule is CN1CCN(c2ccc(NC(=O)c3ccoc3)cn2)CC1. The molecule has 3 heterocycles. The van der Waals surface area contributed by atoms with Gasteiger partial charge in [-0.15, -0.1) is 0 Å². The van der Waals surface area contributed by atoms with Gasteiger partial charge in [0.05, 0.1) is 23.7 Å². The highest BCUT2D eigenvalue weighted by Gasteiger charge is 2.15. The zero-order chi connectivity index (χ0) is 14.7. The van der Waals surface area contributed by atoms with Gasteiger partial charge in [-0.1, -0.05) is 0 Å². The summed E-state index contributed by atoms with van der Waals surface area (Å²) >= 11 is 0. The Labute approximate surface area is 123 Å². The van der Waals surface area contributed by atoms with E-state index in [1.54, 1.807) is 12.3 Å². The summed E-state index contributed by atoms with van der Waals surface area (Å²) in [7, 11) is 2.12. The van der Waals surface area contributed by atoms with Crippen LogP contribution in [0.3, 0.4) is 0 Å². The quantitative estimate of drug-likeness (QED) is 0.930. The van der Waals surface area contributed by atoms with Gasteiger partial charge in [0.15, 0.2) is 0 Å². The number of rotatable bonds is 3. The number of hydrogen-bond donors (Lipinski definition) is 1. The molecule has 1 amide bonds. The van der Waals surface area contributed by atoms with E-state index in [0.29, 0.717) is 11.3 Å². The van der Waals surface area contributed by atoms with Crippen LogP contribution in [0.4, 0.5) is 11.5 Å². The van der Waals surface area contributed by atoms with Crippen molar-refractivity contribution < 1.29 is 9.21 Å². The number of furan rings is 1. The average Bonchev–Trinajstić information content (AvgIpc) is 3.03. The van der Waals surface area contributed by atoms with Crippen LogP contribution in [0.5, 0.6) is 0 Å². The molecule has 2 aromatic rings. The molecule has 0 radical (unpaired) electrons. The highest BCUT2D eigenvalue weighted by molar-refractivity contribution is 6.03.